The summed E-state index contributed by atoms with van der Waals surface area (Å²) in [5.74, 6) is 1.16. The van der Waals surface area contributed by atoms with Crippen molar-refractivity contribution in [3.05, 3.63) is 0 Å². The molecule has 0 aromatic carbocycles. The number of likely N-dealkylation sites (tertiary alicyclic amines) is 1. The smallest absolute Gasteiger partial charge is 0.228 e. The van der Waals surface area contributed by atoms with Crippen molar-refractivity contribution in [2.24, 2.45) is 11.8 Å². The fourth-order valence-corrected chi connectivity index (χ4v) is 5.36. The molecule has 3 unspecified atom stereocenters. The summed E-state index contributed by atoms with van der Waals surface area (Å²) in [6, 6.07) is 1.14. The quantitative estimate of drug-likeness (QED) is 0.811. The van der Waals surface area contributed by atoms with E-state index in [4.69, 9.17) is 0 Å². The van der Waals surface area contributed by atoms with Crippen molar-refractivity contribution in [1.82, 2.24) is 15.1 Å². The molecular weight excluding hydrogens is 338 g/mol. The molecule has 142 valence electrons. The zero-order valence-electron chi connectivity index (χ0n) is 15.3. The van der Waals surface area contributed by atoms with Gasteiger partial charge in [-0.3, -0.25) is 9.59 Å². The Morgan fingerprint density at radius 3 is 2.44 bits per heavy atom. The van der Waals surface area contributed by atoms with Crippen molar-refractivity contribution < 1.29 is 9.59 Å². The van der Waals surface area contributed by atoms with Crippen molar-refractivity contribution in [2.45, 2.75) is 76.4 Å². The lowest BCUT2D eigenvalue weighted by Crippen LogP contribution is -2.46. The van der Waals surface area contributed by atoms with Crippen molar-refractivity contribution in [3.8, 4) is 0 Å². The number of halogens is 1. The zero-order chi connectivity index (χ0) is 16.7. The average Bonchev–Trinajstić information content (AvgIpc) is 3.06. The number of nitrogens with one attached hydrogen (secondary N) is 1. The Hall–Kier alpha value is -0.810. The maximum absolute atomic E-state index is 13.2. The predicted octanol–water partition coefficient (Wildman–Crippen LogP) is 2.19. The topological polar surface area (TPSA) is 52.7 Å². The van der Waals surface area contributed by atoms with Crippen LogP contribution in [-0.4, -0.2) is 59.4 Å². The van der Waals surface area contributed by atoms with Gasteiger partial charge in [-0.2, -0.15) is 0 Å². The number of fused-ring (bicyclic) bond motifs is 2. The molecule has 3 atom stereocenters. The van der Waals surface area contributed by atoms with Crippen LogP contribution < -0.4 is 5.32 Å². The Kier molecular flexibility index (Phi) is 5.94. The van der Waals surface area contributed by atoms with Gasteiger partial charge in [0.05, 0.1) is 5.92 Å². The molecule has 0 radical (unpaired) electrons. The second-order valence-corrected chi connectivity index (χ2v) is 8.48. The molecule has 4 fully saturated rings. The SMILES string of the molecule is CC1CCC(N2CC(C(=O)N3C4CCNCC3CC4)CC2=O)CC1.Cl. The molecule has 0 aromatic rings. The number of hydrogen-bond donors (Lipinski definition) is 1. The van der Waals surface area contributed by atoms with Gasteiger partial charge in [0.15, 0.2) is 0 Å². The summed E-state index contributed by atoms with van der Waals surface area (Å²) < 4.78 is 0. The van der Waals surface area contributed by atoms with E-state index < -0.39 is 0 Å². The Morgan fingerprint density at radius 1 is 1.00 bits per heavy atom. The van der Waals surface area contributed by atoms with Crippen LogP contribution >= 0.6 is 12.4 Å². The van der Waals surface area contributed by atoms with E-state index in [0.717, 1.165) is 51.1 Å². The molecule has 2 bridgehead atoms. The molecule has 25 heavy (non-hydrogen) atoms. The highest BCUT2D eigenvalue weighted by Gasteiger charge is 2.45. The number of amides is 2. The monoisotopic (exact) mass is 369 g/mol. The molecule has 2 amide bonds. The van der Waals surface area contributed by atoms with Crippen molar-refractivity contribution in [3.63, 3.8) is 0 Å². The predicted molar refractivity (Wildman–Crippen MR) is 99.6 cm³/mol. The van der Waals surface area contributed by atoms with Gasteiger partial charge in [0.25, 0.3) is 0 Å². The van der Waals surface area contributed by atoms with E-state index in [1.165, 1.54) is 12.8 Å². The average molecular weight is 370 g/mol. The molecule has 5 nitrogen and oxygen atoms in total. The second kappa shape index (κ2) is 7.83. The van der Waals surface area contributed by atoms with Crippen LogP contribution in [0.25, 0.3) is 0 Å². The third-order valence-electron chi connectivity index (χ3n) is 6.84. The summed E-state index contributed by atoms with van der Waals surface area (Å²) in [7, 11) is 0. The minimum absolute atomic E-state index is 0. The van der Waals surface area contributed by atoms with Crippen molar-refractivity contribution in [2.75, 3.05) is 19.6 Å². The summed E-state index contributed by atoms with van der Waals surface area (Å²) in [6.07, 6.45) is 8.43. The van der Waals surface area contributed by atoms with Gasteiger partial charge in [-0.1, -0.05) is 6.92 Å². The van der Waals surface area contributed by atoms with Crippen molar-refractivity contribution in [1.29, 1.82) is 0 Å². The molecule has 1 N–H and O–H groups in total. The Morgan fingerprint density at radius 2 is 1.68 bits per heavy atom. The van der Waals surface area contributed by atoms with E-state index in [-0.39, 0.29) is 30.1 Å². The third kappa shape index (κ3) is 3.68. The molecule has 4 rings (SSSR count). The summed E-state index contributed by atoms with van der Waals surface area (Å²) >= 11 is 0. The number of rotatable bonds is 2. The molecule has 3 aliphatic heterocycles. The molecule has 0 aromatic heterocycles. The largest absolute Gasteiger partial charge is 0.339 e. The molecule has 1 aliphatic carbocycles. The van der Waals surface area contributed by atoms with Crippen LogP contribution in [0.1, 0.15) is 58.3 Å². The Bertz CT molecular complexity index is 493. The Balaban J connectivity index is 0.00000182. The lowest BCUT2D eigenvalue weighted by molar-refractivity contribution is -0.138. The lowest BCUT2D eigenvalue weighted by atomic mass is 9.86. The number of carbonyl (C=O) groups excluding carboxylic acids is 2. The molecule has 4 aliphatic rings. The highest BCUT2D eigenvalue weighted by molar-refractivity contribution is 5.90. The third-order valence-corrected chi connectivity index (χ3v) is 6.84. The van der Waals surface area contributed by atoms with Crippen LogP contribution in [0.3, 0.4) is 0 Å². The standard InChI is InChI=1S/C19H31N3O2.ClH/c1-13-2-4-15(5-3-13)21-12-14(10-18(21)23)19(24)22-16-6-7-17(22)11-20-9-8-16;/h13-17,20H,2-12H2,1H3;1H. The van der Waals surface area contributed by atoms with Crippen LogP contribution in [0, 0.1) is 11.8 Å². The molecule has 3 heterocycles. The fourth-order valence-electron chi connectivity index (χ4n) is 5.36. The van der Waals surface area contributed by atoms with E-state index in [0.29, 0.717) is 31.1 Å². The van der Waals surface area contributed by atoms with Crippen LogP contribution in [0.15, 0.2) is 0 Å². The summed E-state index contributed by atoms with van der Waals surface area (Å²) in [4.78, 5) is 29.9. The van der Waals surface area contributed by atoms with E-state index in [2.05, 4.69) is 17.1 Å². The van der Waals surface area contributed by atoms with Crippen LogP contribution in [-0.2, 0) is 9.59 Å². The number of hydrogen-bond acceptors (Lipinski definition) is 3. The van der Waals surface area contributed by atoms with Gasteiger partial charge >= 0.3 is 0 Å². The van der Waals surface area contributed by atoms with Gasteiger partial charge in [-0.15, -0.1) is 12.4 Å². The lowest BCUT2D eigenvalue weighted by Gasteiger charge is -2.34. The normalized spacial score (nSPS) is 38.4. The first-order valence-corrected chi connectivity index (χ1v) is 9.96. The van der Waals surface area contributed by atoms with E-state index in [1.807, 2.05) is 4.90 Å². The summed E-state index contributed by atoms with van der Waals surface area (Å²) in [5, 5.41) is 3.46. The van der Waals surface area contributed by atoms with Gasteiger partial charge < -0.3 is 15.1 Å². The molecule has 1 saturated carbocycles. The maximum atomic E-state index is 13.2. The summed E-state index contributed by atoms with van der Waals surface area (Å²) in [5.41, 5.74) is 0. The number of carbonyl (C=O) groups is 2. The molecule has 6 heteroatoms. The molecule has 0 spiro atoms. The second-order valence-electron chi connectivity index (χ2n) is 8.48. The van der Waals surface area contributed by atoms with Crippen molar-refractivity contribution >= 4 is 24.2 Å². The minimum Gasteiger partial charge on any atom is -0.339 e. The highest BCUT2D eigenvalue weighted by Crippen LogP contribution is 2.34. The van der Waals surface area contributed by atoms with Gasteiger partial charge in [-0.05, 0) is 57.4 Å². The first kappa shape index (κ1) is 19.0. The summed E-state index contributed by atoms with van der Waals surface area (Å²) in [6.45, 7) is 4.91. The van der Waals surface area contributed by atoms with E-state index >= 15 is 0 Å². The fraction of sp³-hybridized carbons (Fsp3) is 0.895. The van der Waals surface area contributed by atoms with Gasteiger partial charge in [0, 0.05) is 37.6 Å². The zero-order valence-corrected chi connectivity index (χ0v) is 16.1. The van der Waals surface area contributed by atoms with E-state index in [9.17, 15) is 9.59 Å². The minimum atomic E-state index is -0.0990. The van der Waals surface area contributed by atoms with Crippen LogP contribution in [0.5, 0.6) is 0 Å². The Labute approximate surface area is 157 Å². The van der Waals surface area contributed by atoms with E-state index in [1.54, 1.807) is 0 Å². The first-order valence-electron chi connectivity index (χ1n) is 9.96. The number of nitrogens with zero attached hydrogens (tertiary/aromatic N) is 2. The molecular formula is C19H32ClN3O2. The van der Waals surface area contributed by atoms with Gasteiger partial charge in [0.1, 0.15) is 0 Å². The maximum Gasteiger partial charge on any atom is 0.228 e. The molecule has 3 saturated heterocycles. The highest BCUT2D eigenvalue weighted by atomic mass is 35.5. The van der Waals surface area contributed by atoms with Crippen LogP contribution in [0.4, 0.5) is 0 Å². The first-order chi connectivity index (χ1) is 11.6. The van der Waals surface area contributed by atoms with Gasteiger partial charge in [-0.25, -0.2) is 0 Å². The van der Waals surface area contributed by atoms with Gasteiger partial charge in [0.2, 0.25) is 11.8 Å². The van der Waals surface area contributed by atoms with Crippen LogP contribution in [0.2, 0.25) is 0 Å².